The Balaban J connectivity index is 3.99. The Labute approximate surface area is 71.8 Å². The van der Waals surface area contributed by atoms with Crippen LogP contribution in [-0.4, -0.2) is 24.7 Å². The highest BCUT2D eigenvalue weighted by Crippen LogP contribution is 1.97. The Kier molecular flexibility index (Phi) is 5.73. The van der Waals surface area contributed by atoms with Gasteiger partial charge in [0.25, 0.3) is 0 Å². The van der Waals surface area contributed by atoms with E-state index >= 15 is 0 Å². The fourth-order valence-electron chi connectivity index (χ4n) is 0.647. The molecular formula is C8H14N2O2. The number of hydrogen-bond acceptors (Lipinski definition) is 3. The van der Waals surface area contributed by atoms with Crippen molar-refractivity contribution >= 4 is 5.97 Å². The maximum Gasteiger partial charge on any atom is 0.327 e. The normalized spacial score (nSPS) is 13.8. The van der Waals surface area contributed by atoms with Crippen LogP contribution in [0.2, 0.25) is 0 Å². The zero-order valence-corrected chi connectivity index (χ0v) is 7.03. The number of nitrogens with one attached hydrogen (secondary N) is 1. The molecule has 0 aromatic rings. The third kappa shape index (κ3) is 5.49. The second-order valence-electron chi connectivity index (χ2n) is 2.24. The van der Waals surface area contributed by atoms with Gasteiger partial charge in [0, 0.05) is 25.6 Å². The number of carbonyl (C=O) groups is 1. The molecule has 0 unspecified atom stereocenters. The van der Waals surface area contributed by atoms with Crippen LogP contribution in [0, 0.1) is 5.92 Å². The first-order valence-electron chi connectivity index (χ1n) is 3.65. The molecule has 1 atom stereocenters. The summed E-state index contributed by atoms with van der Waals surface area (Å²) in [4.78, 5) is 10.1. The van der Waals surface area contributed by atoms with Gasteiger partial charge < -0.3 is 16.2 Å². The molecular weight excluding hydrogens is 156 g/mol. The van der Waals surface area contributed by atoms with Crippen molar-refractivity contribution in [2.75, 3.05) is 13.6 Å². The second kappa shape index (κ2) is 6.42. The van der Waals surface area contributed by atoms with Crippen LogP contribution in [0.4, 0.5) is 0 Å². The van der Waals surface area contributed by atoms with Crippen molar-refractivity contribution in [3.8, 4) is 0 Å². The maximum atomic E-state index is 10.1. The van der Waals surface area contributed by atoms with E-state index < -0.39 is 5.97 Å². The van der Waals surface area contributed by atoms with E-state index in [2.05, 4.69) is 5.32 Å². The van der Waals surface area contributed by atoms with Gasteiger partial charge in [-0.25, -0.2) is 4.79 Å². The Hall–Kier alpha value is -1.29. The molecule has 68 valence electrons. The molecule has 0 spiro atoms. The molecule has 0 aromatic carbocycles. The van der Waals surface area contributed by atoms with Crippen LogP contribution in [0.5, 0.6) is 0 Å². The zero-order valence-electron chi connectivity index (χ0n) is 7.03. The van der Waals surface area contributed by atoms with E-state index in [1.807, 2.05) is 0 Å². The van der Waals surface area contributed by atoms with Crippen molar-refractivity contribution in [3.05, 3.63) is 24.4 Å². The van der Waals surface area contributed by atoms with Gasteiger partial charge in [0.1, 0.15) is 0 Å². The summed E-state index contributed by atoms with van der Waals surface area (Å²) in [5.74, 6) is -0.972. The van der Waals surface area contributed by atoms with Gasteiger partial charge in [0.2, 0.25) is 0 Å². The SMILES string of the molecule is CN/C=C\[C@H](/C=C/C(=O)O)CN. The lowest BCUT2D eigenvalue weighted by molar-refractivity contribution is -0.131. The quantitative estimate of drug-likeness (QED) is 0.505. The minimum absolute atomic E-state index is 0.0199. The van der Waals surface area contributed by atoms with Crippen LogP contribution >= 0.6 is 0 Å². The summed E-state index contributed by atoms with van der Waals surface area (Å²) in [6.07, 6.45) is 6.18. The van der Waals surface area contributed by atoms with Crippen molar-refractivity contribution in [1.82, 2.24) is 5.32 Å². The minimum Gasteiger partial charge on any atom is -0.478 e. The van der Waals surface area contributed by atoms with Crippen LogP contribution in [0.1, 0.15) is 0 Å². The first-order valence-corrected chi connectivity index (χ1v) is 3.65. The number of hydrogen-bond donors (Lipinski definition) is 3. The molecule has 4 heteroatoms. The number of carboxylic acids is 1. The molecule has 0 amide bonds. The van der Waals surface area contributed by atoms with Gasteiger partial charge in [0.15, 0.2) is 0 Å². The van der Waals surface area contributed by atoms with Crippen molar-refractivity contribution in [3.63, 3.8) is 0 Å². The lowest BCUT2D eigenvalue weighted by atomic mass is 10.1. The number of carboxylic acid groups (broad SMARTS) is 1. The molecule has 0 saturated carbocycles. The van der Waals surface area contributed by atoms with E-state index in [0.717, 1.165) is 6.08 Å². The average Bonchev–Trinajstić information content (AvgIpc) is 2.05. The van der Waals surface area contributed by atoms with Crippen LogP contribution in [0.15, 0.2) is 24.4 Å². The Morgan fingerprint density at radius 2 is 2.33 bits per heavy atom. The summed E-state index contributed by atoms with van der Waals surface area (Å²) in [6, 6.07) is 0. The molecule has 4 nitrogen and oxygen atoms in total. The van der Waals surface area contributed by atoms with Gasteiger partial charge >= 0.3 is 5.97 Å². The fourth-order valence-corrected chi connectivity index (χ4v) is 0.647. The van der Waals surface area contributed by atoms with Gasteiger partial charge in [-0.3, -0.25) is 0 Å². The minimum atomic E-state index is -0.952. The molecule has 0 saturated heterocycles. The topological polar surface area (TPSA) is 75.3 Å². The van der Waals surface area contributed by atoms with E-state index in [1.165, 1.54) is 0 Å². The van der Waals surface area contributed by atoms with Crippen molar-refractivity contribution in [1.29, 1.82) is 0 Å². The molecule has 0 radical (unpaired) electrons. The smallest absolute Gasteiger partial charge is 0.327 e. The Morgan fingerprint density at radius 1 is 1.67 bits per heavy atom. The third-order valence-corrected chi connectivity index (χ3v) is 1.27. The summed E-state index contributed by atoms with van der Waals surface area (Å²) < 4.78 is 0. The molecule has 12 heavy (non-hydrogen) atoms. The van der Waals surface area contributed by atoms with E-state index in [0.29, 0.717) is 6.54 Å². The summed E-state index contributed by atoms with van der Waals surface area (Å²) in [5.41, 5.74) is 5.38. The summed E-state index contributed by atoms with van der Waals surface area (Å²) in [6.45, 7) is 0.405. The molecule has 0 heterocycles. The number of rotatable bonds is 5. The standard InChI is InChI=1S/C8H14N2O2/c1-10-5-4-7(6-9)2-3-8(11)12/h2-5,7,10H,6,9H2,1H3,(H,11,12)/b3-2+,5-4-/t7-/m0/s1. The molecule has 0 aromatic heterocycles. The lowest BCUT2D eigenvalue weighted by Crippen LogP contribution is -2.10. The molecule has 0 rings (SSSR count). The van der Waals surface area contributed by atoms with Crippen LogP contribution < -0.4 is 11.1 Å². The molecule has 0 aliphatic rings. The first-order chi connectivity index (χ1) is 5.70. The van der Waals surface area contributed by atoms with Gasteiger partial charge in [-0.05, 0) is 6.20 Å². The highest BCUT2D eigenvalue weighted by molar-refractivity contribution is 5.79. The van der Waals surface area contributed by atoms with Crippen molar-refractivity contribution in [2.24, 2.45) is 11.7 Å². The van der Waals surface area contributed by atoms with E-state index in [-0.39, 0.29) is 5.92 Å². The van der Waals surface area contributed by atoms with Crippen molar-refractivity contribution < 1.29 is 9.90 Å². The van der Waals surface area contributed by atoms with E-state index in [1.54, 1.807) is 25.4 Å². The van der Waals surface area contributed by atoms with Crippen molar-refractivity contribution in [2.45, 2.75) is 0 Å². The monoisotopic (exact) mass is 170 g/mol. The average molecular weight is 170 g/mol. The summed E-state index contributed by atoms with van der Waals surface area (Å²) in [5, 5.41) is 11.1. The van der Waals surface area contributed by atoms with E-state index in [9.17, 15) is 4.79 Å². The Bertz CT molecular complexity index is 187. The van der Waals surface area contributed by atoms with Gasteiger partial charge in [0.05, 0.1) is 0 Å². The summed E-state index contributed by atoms with van der Waals surface area (Å²) in [7, 11) is 1.77. The third-order valence-electron chi connectivity index (χ3n) is 1.27. The fraction of sp³-hybridized carbons (Fsp3) is 0.375. The van der Waals surface area contributed by atoms with Gasteiger partial charge in [-0.1, -0.05) is 12.2 Å². The highest BCUT2D eigenvalue weighted by Gasteiger charge is 1.96. The first kappa shape index (κ1) is 10.7. The van der Waals surface area contributed by atoms with Gasteiger partial charge in [-0.2, -0.15) is 0 Å². The van der Waals surface area contributed by atoms with Crippen LogP contribution in [-0.2, 0) is 4.79 Å². The Morgan fingerprint density at radius 3 is 2.75 bits per heavy atom. The summed E-state index contributed by atoms with van der Waals surface area (Å²) >= 11 is 0. The maximum absolute atomic E-state index is 10.1. The zero-order chi connectivity index (χ0) is 9.40. The number of aliphatic carboxylic acids is 1. The molecule has 0 aliphatic heterocycles. The largest absolute Gasteiger partial charge is 0.478 e. The lowest BCUT2D eigenvalue weighted by Gasteiger charge is -2.01. The highest BCUT2D eigenvalue weighted by atomic mass is 16.4. The van der Waals surface area contributed by atoms with Crippen LogP contribution in [0.3, 0.4) is 0 Å². The van der Waals surface area contributed by atoms with Crippen LogP contribution in [0.25, 0.3) is 0 Å². The predicted octanol–water partition coefficient (Wildman–Crippen LogP) is -0.0648. The number of nitrogens with two attached hydrogens (primary N) is 1. The molecule has 4 N–H and O–H groups in total. The van der Waals surface area contributed by atoms with Gasteiger partial charge in [-0.15, -0.1) is 0 Å². The second-order valence-corrected chi connectivity index (χ2v) is 2.24. The molecule has 0 aliphatic carbocycles. The predicted molar refractivity (Wildman–Crippen MR) is 47.5 cm³/mol. The van der Waals surface area contributed by atoms with E-state index in [4.69, 9.17) is 10.8 Å². The molecule has 0 fully saturated rings. The molecule has 0 bridgehead atoms.